The summed E-state index contributed by atoms with van der Waals surface area (Å²) in [7, 11) is 0. The topological polar surface area (TPSA) is 35.5 Å². The summed E-state index contributed by atoms with van der Waals surface area (Å²) in [6.45, 7) is 3.51. The lowest BCUT2D eigenvalue weighted by molar-refractivity contribution is -0.160. The highest BCUT2D eigenvalue weighted by Crippen LogP contribution is 2.23. The molecule has 0 heterocycles. The molecule has 1 unspecified atom stereocenters. The van der Waals surface area contributed by atoms with E-state index in [0.717, 1.165) is 5.56 Å². The second-order valence-electron chi connectivity index (χ2n) is 4.55. The number of allylic oxidation sites excluding steroid dienone is 1. The van der Waals surface area contributed by atoms with E-state index in [1.807, 2.05) is 60.7 Å². The summed E-state index contributed by atoms with van der Waals surface area (Å²) >= 11 is 0. The van der Waals surface area contributed by atoms with Crippen molar-refractivity contribution in [2.24, 2.45) is 0 Å². The van der Waals surface area contributed by atoms with Gasteiger partial charge in [0.25, 0.3) is 6.29 Å². The quantitative estimate of drug-likeness (QED) is 0.466. The fourth-order valence-electron chi connectivity index (χ4n) is 1.70. The van der Waals surface area contributed by atoms with Crippen molar-refractivity contribution in [3.05, 3.63) is 77.9 Å². The van der Waals surface area contributed by atoms with Crippen LogP contribution in [0.15, 0.2) is 72.3 Å². The molecule has 0 fully saturated rings. The first-order valence-electron chi connectivity index (χ1n) is 6.81. The number of ether oxygens (including phenoxy) is 2. The van der Waals surface area contributed by atoms with E-state index in [2.05, 4.69) is 0 Å². The Balaban J connectivity index is 2.21. The van der Waals surface area contributed by atoms with Crippen molar-refractivity contribution in [1.82, 2.24) is 0 Å². The molecule has 0 aliphatic heterocycles. The van der Waals surface area contributed by atoms with Crippen LogP contribution in [0.1, 0.15) is 25.7 Å². The van der Waals surface area contributed by atoms with Gasteiger partial charge in [-0.2, -0.15) is 0 Å². The molecule has 0 bridgehead atoms. The Morgan fingerprint density at radius 1 is 1.00 bits per heavy atom. The van der Waals surface area contributed by atoms with Gasteiger partial charge in [-0.15, -0.1) is 0 Å². The van der Waals surface area contributed by atoms with E-state index in [4.69, 9.17) is 9.47 Å². The summed E-state index contributed by atoms with van der Waals surface area (Å²) in [6.07, 6.45) is 0.948. The Kier molecular flexibility index (Phi) is 5.16. The number of esters is 1. The van der Waals surface area contributed by atoms with Crippen molar-refractivity contribution in [3.63, 3.8) is 0 Å². The molecule has 0 saturated carbocycles. The zero-order chi connectivity index (χ0) is 15.1. The average molecular weight is 282 g/mol. The van der Waals surface area contributed by atoms with E-state index >= 15 is 0 Å². The molecule has 3 heteroatoms. The monoisotopic (exact) mass is 282 g/mol. The molecular formula is C18H18O3. The molecule has 0 aromatic heterocycles. The predicted molar refractivity (Wildman–Crippen MR) is 81.8 cm³/mol. The lowest BCUT2D eigenvalue weighted by Crippen LogP contribution is -2.17. The summed E-state index contributed by atoms with van der Waals surface area (Å²) < 4.78 is 11.3. The molecule has 0 amide bonds. The third kappa shape index (κ3) is 4.21. The van der Waals surface area contributed by atoms with Gasteiger partial charge in [0.15, 0.2) is 0 Å². The van der Waals surface area contributed by atoms with Gasteiger partial charge < -0.3 is 9.47 Å². The van der Waals surface area contributed by atoms with Gasteiger partial charge in [-0.1, -0.05) is 54.6 Å². The lowest BCUT2D eigenvalue weighted by Gasteiger charge is -2.20. The molecule has 2 aromatic rings. The molecule has 0 radical (unpaired) electrons. The number of rotatable bonds is 5. The summed E-state index contributed by atoms with van der Waals surface area (Å²) in [4.78, 5) is 12.0. The molecule has 0 aliphatic rings. The van der Waals surface area contributed by atoms with Gasteiger partial charge >= 0.3 is 5.97 Å². The van der Waals surface area contributed by atoms with Crippen molar-refractivity contribution in [1.29, 1.82) is 0 Å². The van der Waals surface area contributed by atoms with Crippen LogP contribution in [0.25, 0.3) is 0 Å². The Hall–Kier alpha value is -2.55. The van der Waals surface area contributed by atoms with E-state index in [1.165, 1.54) is 0 Å². The van der Waals surface area contributed by atoms with Crippen molar-refractivity contribution in [2.45, 2.75) is 20.1 Å². The maximum absolute atomic E-state index is 12.0. The van der Waals surface area contributed by atoms with Crippen LogP contribution in [-0.4, -0.2) is 5.97 Å². The first kappa shape index (κ1) is 14.9. The highest BCUT2D eigenvalue weighted by Gasteiger charge is 2.19. The lowest BCUT2D eigenvalue weighted by atomic mass is 10.2. The molecule has 0 saturated heterocycles. The molecule has 0 N–H and O–H groups in total. The zero-order valence-corrected chi connectivity index (χ0v) is 12.2. The number of para-hydroxylation sites is 1. The molecule has 21 heavy (non-hydrogen) atoms. The number of carbonyl (C=O) groups is 1. The molecule has 0 spiro atoms. The van der Waals surface area contributed by atoms with Gasteiger partial charge in [0, 0.05) is 11.1 Å². The van der Waals surface area contributed by atoms with Gasteiger partial charge in [-0.05, 0) is 26.0 Å². The van der Waals surface area contributed by atoms with Gasteiger partial charge in [0.05, 0.1) is 0 Å². The van der Waals surface area contributed by atoms with Crippen LogP contribution in [0, 0.1) is 0 Å². The van der Waals surface area contributed by atoms with Gasteiger partial charge in [-0.3, -0.25) is 0 Å². The van der Waals surface area contributed by atoms with E-state index < -0.39 is 6.29 Å². The molecular weight excluding hydrogens is 264 g/mol. The third-order valence-corrected chi connectivity index (χ3v) is 3.03. The fourth-order valence-corrected chi connectivity index (χ4v) is 1.70. The second-order valence-corrected chi connectivity index (χ2v) is 4.55. The minimum absolute atomic E-state index is 0.387. The largest absolute Gasteiger partial charge is 0.450 e. The Bertz CT molecular complexity index is 603. The zero-order valence-electron chi connectivity index (χ0n) is 12.2. The second kappa shape index (κ2) is 7.29. The SMILES string of the molecule is CC=C(C)C(=O)OC(Oc1ccccc1)c1ccccc1. The van der Waals surface area contributed by atoms with Crippen molar-refractivity contribution in [2.75, 3.05) is 0 Å². The van der Waals surface area contributed by atoms with Crippen LogP contribution < -0.4 is 4.74 Å². The van der Waals surface area contributed by atoms with Crippen LogP contribution in [0.2, 0.25) is 0 Å². The van der Waals surface area contributed by atoms with Crippen LogP contribution >= 0.6 is 0 Å². The molecule has 2 aromatic carbocycles. The average Bonchev–Trinajstić information content (AvgIpc) is 2.55. The molecule has 3 nitrogen and oxygen atoms in total. The number of carbonyl (C=O) groups excluding carboxylic acids is 1. The van der Waals surface area contributed by atoms with Crippen LogP contribution in [0.5, 0.6) is 5.75 Å². The Morgan fingerprint density at radius 3 is 2.14 bits per heavy atom. The highest BCUT2D eigenvalue weighted by atomic mass is 16.7. The van der Waals surface area contributed by atoms with Crippen LogP contribution in [0.4, 0.5) is 0 Å². The summed E-state index contributed by atoms with van der Waals surface area (Å²) in [5.41, 5.74) is 1.34. The minimum Gasteiger partial charge on any atom is -0.450 e. The summed E-state index contributed by atoms with van der Waals surface area (Å²) in [5.74, 6) is 0.263. The van der Waals surface area contributed by atoms with Crippen LogP contribution in [-0.2, 0) is 9.53 Å². The Morgan fingerprint density at radius 2 is 1.57 bits per heavy atom. The minimum atomic E-state index is -0.768. The summed E-state index contributed by atoms with van der Waals surface area (Å²) in [6, 6.07) is 18.7. The van der Waals surface area contributed by atoms with Crippen molar-refractivity contribution >= 4 is 5.97 Å². The van der Waals surface area contributed by atoms with Crippen LogP contribution in [0.3, 0.4) is 0 Å². The molecule has 108 valence electrons. The number of hydrogen-bond acceptors (Lipinski definition) is 3. The maximum atomic E-state index is 12.0. The van der Waals surface area contributed by atoms with E-state index in [0.29, 0.717) is 11.3 Å². The third-order valence-electron chi connectivity index (χ3n) is 3.03. The normalized spacial score (nSPS) is 12.6. The van der Waals surface area contributed by atoms with Crippen molar-refractivity contribution < 1.29 is 14.3 Å². The predicted octanol–water partition coefficient (Wildman–Crippen LogP) is 4.27. The smallest absolute Gasteiger partial charge is 0.336 e. The molecule has 1 atom stereocenters. The molecule has 2 rings (SSSR count). The standard InChI is InChI=1S/C18H18O3/c1-3-14(2)17(19)21-18(15-10-6-4-7-11-15)20-16-12-8-5-9-13-16/h3-13,18H,1-2H3. The van der Waals surface area contributed by atoms with E-state index in [-0.39, 0.29) is 5.97 Å². The maximum Gasteiger partial charge on any atom is 0.336 e. The van der Waals surface area contributed by atoms with Gasteiger partial charge in [-0.25, -0.2) is 4.79 Å². The van der Waals surface area contributed by atoms with Crippen molar-refractivity contribution in [3.8, 4) is 5.75 Å². The number of hydrogen-bond donors (Lipinski definition) is 0. The first-order valence-corrected chi connectivity index (χ1v) is 6.81. The summed E-state index contributed by atoms with van der Waals surface area (Å²) in [5, 5.41) is 0. The molecule has 0 aliphatic carbocycles. The number of benzene rings is 2. The fraction of sp³-hybridized carbons (Fsp3) is 0.167. The highest BCUT2D eigenvalue weighted by molar-refractivity contribution is 5.87. The first-order chi connectivity index (χ1) is 10.2. The van der Waals surface area contributed by atoms with E-state index in [1.54, 1.807) is 19.9 Å². The van der Waals surface area contributed by atoms with Gasteiger partial charge in [0.2, 0.25) is 0 Å². The van der Waals surface area contributed by atoms with E-state index in [9.17, 15) is 4.79 Å². The Labute approximate surface area is 124 Å². The van der Waals surface area contributed by atoms with Gasteiger partial charge in [0.1, 0.15) is 5.75 Å².